The van der Waals surface area contributed by atoms with Gasteiger partial charge >= 0.3 is 0 Å². The highest BCUT2D eigenvalue weighted by Crippen LogP contribution is 2.40. The minimum atomic E-state index is -0.374. The third-order valence-electron chi connectivity index (χ3n) is 3.40. The van der Waals surface area contributed by atoms with Gasteiger partial charge in [-0.05, 0) is 50.1 Å². The van der Waals surface area contributed by atoms with E-state index in [1.54, 1.807) is 12.1 Å². The Morgan fingerprint density at radius 3 is 2.11 bits per heavy atom. The van der Waals surface area contributed by atoms with Crippen molar-refractivity contribution in [3.05, 3.63) is 31.2 Å². The first kappa shape index (κ1) is 14.8. The summed E-state index contributed by atoms with van der Waals surface area (Å²) in [6.45, 7) is 6.46. The molecular formula is C13H16Br2N2O2. The van der Waals surface area contributed by atoms with Crippen LogP contribution in [0.15, 0.2) is 21.1 Å². The van der Waals surface area contributed by atoms with Crippen molar-refractivity contribution in [3.63, 3.8) is 0 Å². The molecule has 104 valence electrons. The van der Waals surface area contributed by atoms with Crippen LogP contribution < -0.4 is 4.90 Å². The third-order valence-corrected chi connectivity index (χ3v) is 4.61. The van der Waals surface area contributed by atoms with E-state index in [-0.39, 0.29) is 10.6 Å². The van der Waals surface area contributed by atoms with E-state index in [0.29, 0.717) is 11.8 Å². The van der Waals surface area contributed by atoms with E-state index in [0.717, 1.165) is 27.7 Å². The molecule has 1 fully saturated rings. The van der Waals surface area contributed by atoms with Gasteiger partial charge in [-0.1, -0.05) is 13.8 Å². The lowest BCUT2D eigenvalue weighted by molar-refractivity contribution is -0.385. The Hall–Kier alpha value is -0.620. The number of nitrogens with zero attached hydrogens (tertiary/aromatic N) is 2. The molecule has 4 nitrogen and oxygen atoms in total. The van der Waals surface area contributed by atoms with Crippen LogP contribution in [0.5, 0.6) is 0 Å². The maximum absolute atomic E-state index is 10.8. The standard InChI is InChI=1S/C13H16Br2N2O2/c1-8-3-9(2)7-16(6-8)13-11(14)4-10(17(18)19)5-12(13)15/h4-5,8-9H,3,6-7H2,1-2H3/t8-,9-/m0/s1. The number of rotatable bonds is 2. The van der Waals surface area contributed by atoms with Crippen molar-refractivity contribution in [1.29, 1.82) is 0 Å². The highest BCUT2D eigenvalue weighted by molar-refractivity contribution is 9.11. The summed E-state index contributed by atoms with van der Waals surface area (Å²) >= 11 is 6.93. The summed E-state index contributed by atoms with van der Waals surface area (Å²) in [7, 11) is 0. The van der Waals surface area contributed by atoms with Crippen LogP contribution in [0.2, 0.25) is 0 Å². The Kier molecular flexibility index (Phi) is 4.50. The average Bonchev–Trinajstić information content (AvgIpc) is 2.26. The molecule has 1 saturated heterocycles. The second-order valence-electron chi connectivity index (χ2n) is 5.37. The van der Waals surface area contributed by atoms with Crippen molar-refractivity contribution >= 4 is 43.2 Å². The molecule has 0 radical (unpaired) electrons. The van der Waals surface area contributed by atoms with Crippen molar-refractivity contribution in [3.8, 4) is 0 Å². The third kappa shape index (κ3) is 3.28. The predicted octanol–water partition coefficient (Wildman–Crippen LogP) is 4.60. The summed E-state index contributed by atoms with van der Waals surface area (Å²) in [6.07, 6.45) is 1.23. The maximum Gasteiger partial charge on any atom is 0.271 e. The Morgan fingerprint density at radius 2 is 1.68 bits per heavy atom. The molecule has 1 aromatic rings. The van der Waals surface area contributed by atoms with Gasteiger partial charge in [0.25, 0.3) is 5.69 Å². The van der Waals surface area contributed by atoms with Crippen LogP contribution in [0.3, 0.4) is 0 Å². The minimum Gasteiger partial charge on any atom is -0.369 e. The molecule has 1 aliphatic heterocycles. The lowest BCUT2D eigenvalue weighted by atomic mass is 9.91. The van der Waals surface area contributed by atoms with Crippen molar-refractivity contribution in [2.75, 3.05) is 18.0 Å². The second-order valence-corrected chi connectivity index (χ2v) is 7.07. The molecule has 0 amide bonds. The van der Waals surface area contributed by atoms with Gasteiger partial charge in [0.05, 0.1) is 10.6 Å². The van der Waals surface area contributed by atoms with Crippen LogP contribution in [0.25, 0.3) is 0 Å². The van der Waals surface area contributed by atoms with Crippen molar-refractivity contribution in [2.45, 2.75) is 20.3 Å². The molecule has 1 aromatic carbocycles. The Balaban J connectivity index is 2.37. The van der Waals surface area contributed by atoms with Crippen LogP contribution in [-0.4, -0.2) is 18.0 Å². The first-order valence-electron chi connectivity index (χ1n) is 6.27. The van der Waals surface area contributed by atoms with Crippen LogP contribution in [-0.2, 0) is 0 Å². The van der Waals surface area contributed by atoms with E-state index in [1.807, 2.05) is 0 Å². The molecule has 0 aromatic heterocycles. The first-order chi connectivity index (χ1) is 8.88. The number of halogens is 2. The topological polar surface area (TPSA) is 46.4 Å². The summed E-state index contributed by atoms with van der Waals surface area (Å²) in [5.41, 5.74) is 1.12. The predicted molar refractivity (Wildman–Crippen MR) is 83.7 cm³/mol. The van der Waals surface area contributed by atoms with Crippen LogP contribution in [0, 0.1) is 22.0 Å². The van der Waals surface area contributed by atoms with Crippen molar-refractivity contribution in [1.82, 2.24) is 0 Å². The number of nitro groups is 1. The quantitative estimate of drug-likeness (QED) is 0.546. The SMILES string of the molecule is C[C@H]1C[C@H](C)CN(c2c(Br)cc([N+](=O)[O-])cc2Br)C1. The van der Waals surface area contributed by atoms with Gasteiger partial charge < -0.3 is 4.90 Å². The van der Waals surface area contributed by atoms with Crippen molar-refractivity contribution in [2.24, 2.45) is 11.8 Å². The molecule has 19 heavy (non-hydrogen) atoms. The van der Waals surface area contributed by atoms with E-state index in [4.69, 9.17) is 0 Å². The number of non-ortho nitro benzene ring substituents is 1. The summed E-state index contributed by atoms with van der Waals surface area (Å²) in [5.74, 6) is 1.27. The normalized spacial score (nSPS) is 23.5. The van der Waals surface area contributed by atoms with Gasteiger partial charge in [-0.2, -0.15) is 0 Å². The van der Waals surface area contributed by atoms with E-state index in [1.165, 1.54) is 6.42 Å². The van der Waals surface area contributed by atoms with Crippen LogP contribution >= 0.6 is 31.9 Å². The molecule has 0 saturated carbocycles. The number of hydrogen-bond acceptors (Lipinski definition) is 3. The lowest BCUT2D eigenvalue weighted by Crippen LogP contribution is -2.39. The summed E-state index contributed by atoms with van der Waals surface area (Å²) < 4.78 is 1.55. The second kappa shape index (κ2) is 5.79. The monoisotopic (exact) mass is 390 g/mol. The van der Waals surface area contributed by atoms with Gasteiger partial charge in [0.15, 0.2) is 0 Å². The van der Waals surface area contributed by atoms with E-state index in [9.17, 15) is 10.1 Å². The van der Waals surface area contributed by atoms with Gasteiger partial charge in [-0.25, -0.2) is 0 Å². The molecule has 0 unspecified atom stereocenters. The lowest BCUT2D eigenvalue weighted by Gasteiger charge is -2.37. The minimum absolute atomic E-state index is 0.0978. The largest absolute Gasteiger partial charge is 0.369 e. The zero-order chi connectivity index (χ0) is 14.2. The fraction of sp³-hybridized carbons (Fsp3) is 0.538. The molecular weight excluding hydrogens is 376 g/mol. The number of nitro benzene ring substituents is 1. The van der Waals surface area contributed by atoms with E-state index in [2.05, 4.69) is 50.6 Å². The van der Waals surface area contributed by atoms with Gasteiger partial charge in [-0.3, -0.25) is 10.1 Å². The molecule has 2 rings (SSSR count). The highest BCUT2D eigenvalue weighted by atomic mass is 79.9. The number of hydrogen-bond donors (Lipinski definition) is 0. The number of piperidine rings is 1. The van der Waals surface area contributed by atoms with Gasteiger partial charge in [-0.15, -0.1) is 0 Å². The van der Waals surface area contributed by atoms with Crippen LogP contribution in [0.1, 0.15) is 20.3 Å². The smallest absolute Gasteiger partial charge is 0.271 e. The van der Waals surface area contributed by atoms with Gasteiger partial charge in [0.2, 0.25) is 0 Å². The summed E-state index contributed by atoms with van der Waals surface area (Å²) in [5, 5.41) is 10.8. The molecule has 1 aliphatic rings. The molecule has 0 N–H and O–H groups in total. The average molecular weight is 392 g/mol. The van der Waals surface area contributed by atoms with E-state index < -0.39 is 0 Å². The molecule has 1 heterocycles. The fourth-order valence-electron chi connectivity index (χ4n) is 2.81. The number of anilines is 1. The first-order valence-corrected chi connectivity index (χ1v) is 7.85. The van der Waals surface area contributed by atoms with Gasteiger partial charge in [0.1, 0.15) is 0 Å². The number of benzene rings is 1. The van der Waals surface area contributed by atoms with Crippen molar-refractivity contribution < 1.29 is 4.92 Å². The molecule has 6 heteroatoms. The maximum atomic E-state index is 10.8. The molecule has 0 spiro atoms. The molecule has 0 bridgehead atoms. The fourth-order valence-corrected chi connectivity index (χ4v) is 4.47. The summed E-state index contributed by atoms with van der Waals surface area (Å²) in [6, 6.07) is 3.15. The molecule has 0 aliphatic carbocycles. The van der Waals surface area contributed by atoms with Crippen LogP contribution in [0.4, 0.5) is 11.4 Å². The Labute approximate surface area is 129 Å². The Bertz CT molecular complexity index is 474. The highest BCUT2D eigenvalue weighted by Gasteiger charge is 2.26. The zero-order valence-electron chi connectivity index (χ0n) is 10.9. The van der Waals surface area contributed by atoms with Gasteiger partial charge in [0, 0.05) is 34.2 Å². The molecule has 2 atom stereocenters. The van der Waals surface area contributed by atoms with E-state index >= 15 is 0 Å². The summed E-state index contributed by atoms with van der Waals surface area (Å²) in [4.78, 5) is 12.8. The zero-order valence-corrected chi connectivity index (χ0v) is 14.1. The Morgan fingerprint density at radius 1 is 1.21 bits per heavy atom.